The molecule has 0 aliphatic carbocycles. The molecule has 0 radical (unpaired) electrons. The molecule has 0 amide bonds. The Hall–Kier alpha value is -3.12. The van der Waals surface area contributed by atoms with Crippen LogP contribution in [0.5, 0.6) is 0 Å². The Balaban J connectivity index is 2.52. The van der Waals surface area contributed by atoms with Crippen molar-refractivity contribution in [2.45, 2.75) is 62.4 Å². The molecule has 34 heavy (non-hydrogen) atoms. The number of carbonyl (C=O) groups excluding carboxylic acids is 5. The standard InChI is InChI=1S/C22H26O11S/c1-11(23)29-10-16-18(30-12(2)24)19(31-13(3)25)20(32-14(4)26)22(33-16)34-17-9-7-6-8-15(17)21(27)28-5/h6-9,16,18-20,22H,10H2,1-5H3/t16-,18-,19+,20-,22+/m1/s1. The summed E-state index contributed by atoms with van der Waals surface area (Å²) in [5, 5.41) is 0. The fourth-order valence-electron chi connectivity index (χ4n) is 3.26. The van der Waals surface area contributed by atoms with E-state index in [-0.39, 0.29) is 12.2 Å². The third-order valence-electron chi connectivity index (χ3n) is 4.48. The Labute approximate surface area is 200 Å². The Morgan fingerprint density at radius 3 is 1.94 bits per heavy atom. The Kier molecular flexibility index (Phi) is 9.87. The molecule has 0 N–H and O–H groups in total. The molecule has 0 unspecified atom stereocenters. The lowest BCUT2D eigenvalue weighted by Crippen LogP contribution is -2.61. The number of benzene rings is 1. The second-order valence-electron chi connectivity index (χ2n) is 7.17. The van der Waals surface area contributed by atoms with E-state index in [4.69, 9.17) is 28.4 Å². The van der Waals surface area contributed by atoms with Gasteiger partial charge in [-0.05, 0) is 12.1 Å². The molecule has 1 aliphatic heterocycles. The van der Waals surface area contributed by atoms with Crippen molar-refractivity contribution in [3.63, 3.8) is 0 Å². The highest BCUT2D eigenvalue weighted by molar-refractivity contribution is 8.00. The number of ether oxygens (including phenoxy) is 6. The third-order valence-corrected chi connectivity index (χ3v) is 5.71. The maximum Gasteiger partial charge on any atom is 0.338 e. The molecule has 0 spiro atoms. The van der Waals surface area contributed by atoms with Gasteiger partial charge in [-0.2, -0.15) is 0 Å². The van der Waals surface area contributed by atoms with E-state index in [2.05, 4.69) is 0 Å². The van der Waals surface area contributed by atoms with E-state index in [9.17, 15) is 24.0 Å². The lowest BCUT2D eigenvalue weighted by molar-refractivity contribution is -0.237. The van der Waals surface area contributed by atoms with Crippen LogP contribution in [0.1, 0.15) is 38.1 Å². The number of esters is 5. The van der Waals surface area contributed by atoms with E-state index in [1.54, 1.807) is 24.3 Å². The zero-order valence-electron chi connectivity index (χ0n) is 19.3. The predicted octanol–water partition coefficient (Wildman–Crippen LogP) is 1.65. The van der Waals surface area contributed by atoms with E-state index in [1.807, 2.05) is 0 Å². The minimum Gasteiger partial charge on any atom is -0.465 e. The predicted molar refractivity (Wildman–Crippen MR) is 116 cm³/mol. The molecular weight excluding hydrogens is 472 g/mol. The van der Waals surface area contributed by atoms with Gasteiger partial charge in [-0.1, -0.05) is 23.9 Å². The second-order valence-corrected chi connectivity index (χ2v) is 8.31. The smallest absolute Gasteiger partial charge is 0.338 e. The first-order valence-corrected chi connectivity index (χ1v) is 11.1. The van der Waals surface area contributed by atoms with Crippen molar-refractivity contribution < 1.29 is 52.4 Å². The minimum absolute atomic E-state index is 0.225. The number of methoxy groups -OCH3 is 1. The molecule has 0 saturated carbocycles. The van der Waals surface area contributed by atoms with Gasteiger partial charge in [0, 0.05) is 32.6 Å². The molecule has 1 aromatic carbocycles. The summed E-state index contributed by atoms with van der Waals surface area (Å²) in [4.78, 5) is 59.7. The van der Waals surface area contributed by atoms with Gasteiger partial charge in [0.15, 0.2) is 18.3 Å². The third kappa shape index (κ3) is 7.45. The highest BCUT2D eigenvalue weighted by Gasteiger charge is 2.52. The highest BCUT2D eigenvalue weighted by Crippen LogP contribution is 2.38. The summed E-state index contributed by atoms with van der Waals surface area (Å²) in [5.41, 5.74) is -0.825. The normalized spacial score (nSPS) is 23.9. The van der Waals surface area contributed by atoms with E-state index in [0.29, 0.717) is 4.90 Å². The average Bonchev–Trinajstić information content (AvgIpc) is 2.75. The van der Waals surface area contributed by atoms with Crippen LogP contribution in [0, 0.1) is 0 Å². The minimum atomic E-state index is -1.29. The van der Waals surface area contributed by atoms with Crippen molar-refractivity contribution in [3.8, 4) is 0 Å². The lowest BCUT2D eigenvalue weighted by Gasteiger charge is -2.44. The van der Waals surface area contributed by atoms with Gasteiger partial charge in [-0.25, -0.2) is 4.79 Å². The first kappa shape index (κ1) is 27.1. The van der Waals surface area contributed by atoms with Crippen molar-refractivity contribution >= 4 is 41.6 Å². The van der Waals surface area contributed by atoms with Crippen LogP contribution >= 0.6 is 11.8 Å². The number of hydrogen-bond donors (Lipinski definition) is 0. The molecule has 1 heterocycles. The summed E-state index contributed by atoms with van der Waals surface area (Å²) in [5.74, 6) is -3.38. The fourth-order valence-corrected chi connectivity index (χ4v) is 4.49. The Morgan fingerprint density at radius 1 is 0.824 bits per heavy atom. The van der Waals surface area contributed by atoms with Gasteiger partial charge in [0.1, 0.15) is 18.1 Å². The average molecular weight is 499 g/mol. The van der Waals surface area contributed by atoms with Crippen LogP contribution in [0.2, 0.25) is 0 Å². The topological polar surface area (TPSA) is 141 Å². The molecule has 11 nitrogen and oxygen atoms in total. The summed E-state index contributed by atoms with van der Waals surface area (Å²) in [7, 11) is 1.23. The SMILES string of the molecule is COC(=O)c1ccccc1S[C@@H]1O[C@H](COC(C)=O)[C@@H](OC(C)=O)[C@H](OC(C)=O)[C@H]1OC(C)=O. The monoisotopic (exact) mass is 498 g/mol. The van der Waals surface area contributed by atoms with Crippen LogP contribution in [0.3, 0.4) is 0 Å². The summed E-state index contributed by atoms with van der Waals surface area (Å²) < 4.78 is 32.1. The van der Waals surface area contributed by atoms with Crippen LogP contribution in [-0.4, -0.2) is 73.4 Å². The van der Waals surface area contributed by atoms with E-state index < -0.39 is 59.7 Å². The molecule has 1 saturated heterocycles. The molecule has 0 aromatic heterocycles. The van der Waals surface area contributed by atoms with Gasteiger partial charge >= 0.3 is 29.8 Å². The molecule has 5 atom stereocenters. The molecule has 186 valence electrons. The first-order chi connectivity index (χ1) is 16.0. The lowest BCUT2D eigenvalue weighted by atomic mass is 9.99. The van der Waals surface area contributed by atoms with Gasteiger partial charge < -0.3 is 28.4 Å². The number of hydrogen-bond acceptors (Lipinski definition) is 12. The van der Waals surface area contributed by atoms with Crippen molar-refractivity contribution in [1.29, 1.82) is 0 Å². The molecule has 2 rings (SSSR count). The summed E-state index contributed by atoms with van der Waals surface area (Å²) >= 11 is 1.00. The Bertz CT molecular complexity index is 931. The van der Waals surface area contributed by atoms with Gasteiger partial charge in [-0.15, -0.1) is 0 Å². The van der Waals surface area contributed by atoms with Crippen molar-refractivity contribution in [2.75, 3.05) is 13.7 Å². The fraction of sp³-hybridized carbons (Fsp3) is 0.500. The van der Waals surface area contributed by atoms with Crippen LogP contribution in [-0.2, 0) is 47.6 Å². The molecular formula is C22H26O11S. The molecule has 1 aliphatic rings. The summed E-state index contributed by atoms with van der Waals surface area (Å²) in [6.07, 6.45) is -4.86. The van der Waals surface area contributed by atoms with Crippen LogP contribution in [0.15, 0.2) is 29.2 Å². The maximum absolute atomic E-state index is 12.2. The number of rotatable bonds is 8. The summed E-state index contributed by atoms with van der Waals surface area (Å²) in [6.45, 7) is 4.28. The largest absolute Gasteiger partial charge is 0.465 e. The van der Waals surface area contributed by atoms with Gasteiger partial charge in [0.25, 0.3) is 0 Å². The van der Waals surface area contributed by atoms with Crippen LogP contribution < -0.4 is 0 Å². The molecule has 12 heteroatoms. The maximum atomic E-state index is 12.2. The summed E-state index contributed by atoms with van der Waals surface area (Å²) in [6, 6.07) is 6.49. The number of thioether (sulfide) groups is 1. The van der Waals surface area contributed by atoms with Gasteiger partial charge in [0.2, 0.25) is 0 Å². The molecule has 1 fully saturated rings. The number of carbonyl (C=O) groups is 5. The van der Waals surface area contributed by atoms with Crippen molar-refractivity contribution in [1.82, 2.24) is 0 Å². The first-order valence-electron chi connectivity index (χ1n) is 10.2. The van der Waals surface area contributed by atoms with Gasteiger partial charge in [0.05, 0.1) is 12.7 Å². The Morgan fingerprint density at radius 2 is 1.38 bits per heavy atom. The van der Waals surface area contributed by atoms with Crippen LogP contribution in [0.4, 0.5) is 0 Å². The van der Waals surface area contributed by atoms with Crippen molar-refractivity contribution in [2.24, 2.45) is 0 Å². The van der Waals surface area contributed by atoms with E-state index in [0.717, 1.165) is 32.5 Å². The zero-order valence-corrected chi connectivity index (χ0v) is 20.1. The molecule has 0 bridgehead atoms. The van der Waals surface area contributed by atoms with Gasteiger partial charge in [-0.3, -0.25) is 19.2 Å². The quantitative estimate of drug-likeness (QED) is 0.380. The highest BCUT2D eigenvalue weighted by atomic mass is 32.2. The molecule has 1 aromatic rings. The zero-order chi connectivity index (χ0) is 25.4. The van der Waals surface area contributed by atoms with Crippen molar-refractivity contribution in [3.05, 3.63) is 29.8 Å². The van der Waals surface area contributed by atoms with E-state index in [1.165, 1.54) is 14.0 Å². The van der Waals surface area contributed by atoms with Crippen LogP contribution in [0.25, 0.3) is 0 Å². The second kappa shape index (κ2) is 12.4. The van der Waals surface area contributed by atoms with E-state index >= 15 is 0 Å².